The maximum Gasteiger partial charge on any atom is 0.247 e. The van der Waals surface area contributed by atoms with Gasteiger partial charge in [-0.05, 0) is 42.0 Å². The number of aromatic nitrogens is 4. The number of nitrogens with zero attached hydrogens (tertiary/aromatic N) is 4. The Hall–Kier alpha value is -4.09. The quantitative estimate of drug-likeness (QED) is 0.252. The summed E-state index contributed by atoms with van der Waals surface area (Å²) in [5.41, 5.74) is 2.76. The highest BCUT2D eigenvalue weighted by atomic mass is 79.9. The Morgan fingerprint density at radius 2 is 1.94 bits per heavy atom. The lowest BCUT2D eigenvalue weighted by atomic mass is 10.1. The highest BCUT2D eigenvalue weighted by Gasteiger charge is 2.21. The minimum atomic E-state index is -0.509. The minimum absolute atomic E-state index is 0.137. The van der Waals surface area contributed by atoms with E-state index in [1.807, 2.05) is 35.1 Å². The molecule has 3 N–H and O–H groups in total. The molecule has 0 spiro atoms. The molecule has 0 bridgehead atoms. The van der Waals surface area contributed by atoms with Gasteiger partial charge in [0, 0.05) is 28.1 Å². The first kappa shape index (κ1) is 23.6. The first-order chi connectivity index (χ1) is 17.5. The van der Waals surface area contributed by atoms with Gasteiger partial charge in [-0.15, -0.1) is 0 Å². The first-order valence-corrected chi connectivity index (χ1v) is 11.8. The molecule has 0 unspecified atom stereocenters. The SMILES string of the molecule is C=CC(=O)Nc1ccc(F)c(Nc2nc(Nc3cnn(C4COC4)c3)ncc2-c2ccc(Br)cc2)c1. The Morgan fingerprint density at radius 1 is 1.14 bits per heavy atom. The maximum absolute atomic E-state index is 14.7. The fraction of sp³-hybridized carbons (Fsp3) is 0.120. The average molecular weight is 550 g/mol. The fourth-order valence-electron chi connectivity index (χ4n) is 3.51. The molecule has 3 heterocycles. The zero-order chi connectivity index (χ0) is 25.1. The van der Waals surface area contributed by atoms with Crippen molar-refractivity contribution in [2.45, 2.75) is 6.04 Å². The predicted octanol–water partition coefficient (Wildman–Crippen LogP) is 5.42. The van der Waals surface area contributed by atoms with Gasteiger partial charge in [0.25, 0.3) is 0 Å². The van der Waals surface area contributed by atoms with Crippen LogP contribution in [0.4, 0.5) is 33.2 Å². The summed E-state index contributed by atoms with van der Waals surface area (Å²) >= 11 is 3.44. The molecule has 0 saturated carbocycles. The Balaban J connectivity index is 1.48. The second-order valence-corrected chi connectivity index (χ2v) is 8.92. The molecule has 2 aromatic heterocycles. The van der Waals surface area contributed by atoms with Crippen LogP contribution >= 0.6 is 15.9 Å². The molecule has 1 aliphatic rings. The van der Waals surface area contributed by atoms with Gasteiger partial charge in [-0.25, -0.2) is 9.37 Å². The Morgan fingerprint density at radius 3 is 2.67 bits per heavy atom. The largest absolute Gasteiger partial charge is 0.377 e. The van der Waals surface area contributed by atoms with E-state index < -0.39 is 11.7 Å². The zero-order valence-electron chi connectivity index (χ0n) is 18.9. The van der Waals surface area contributed by atoms with E-state index in [4.69, 9.17) is 4.74 Å². The minimum Gasteiger partial charge on any atom is -0.377 e. The monoisotopic (exact) mass is 549 g/mol. The third-order valence-electron chi connectivity index (χ3n) is 5.47. The van der Waals surface area contributed by atoms with Crippen molar-refractivity contribution >= 4 is 50.7 Å². The second-order valence-electron chi connectivity index (χ2n) is 8.00. The van der Waals surface area contributed by atoms with Crippen LogP contribution in [0.2, 0.25) is 0 Å². The van der Waals surface area contributed by atoms with Crippen LogP contribution in [0.15, 0.2) is 78.2 Å². The van der Waals surface area contributed by atoms with Crippen molar-refractivity contribution in [3.8, 4) is 11.1 Å². The summed E-state index contributed by atoms with van der Waals surface area (Å²) in [5, 5.41) is 13.2. The van der Waals surface area contributed by atoms with Crippen LogP contribution in [-0.4, -0.2) is 38.9 Å². The number of nitrogens with one attached hydrogen (secondary N) is 3. The second kappa shape index (κ2) is 10.3. The van der Waals surface area contributed by atoms with E-state index in [9.17, 15) is 9.18 Å². The Labute approximate surface area is 214 Å². The lowest BCUT2D eigenvalue weighted by molar-refractivity contribution is -0.111. The molecular formula is C25H21BrFN7O2. The van der Waals surface area contributed by atoms with Crippen LogP contribution in [-0.2, 0) is 9.53 Å². The standard InChI is InChI=1S/C25H21BrFN7O2/c1-2-23(35)30-17-7-8-21(27)22(9-17)32-24-20(15-3-5-16(26)6-4-15)11-28-25(33-24)31-18-10-29-34(12-18)19-13-36-14-19/h2-12,19H,1,13-14H2,(H,30,35)(H2,28,31,32,33). The van der Waals surface area contributed by atoms with E-state index in [2.05, 4.69) is 53.5 Å². The summed E-state index contributed by atoms with van der Waals surface area (Å²) in [5.74, 6) is -0.226. The van der Waals surface area contributed by atoms with E-state index in [-0.39, 0.29) is 11.7 Å². The van der Waals surface area contributed by atoms with Gasteiger partial charge in [-0.3, -0.25) is 9.48 Å². The normalized spacial score (nSPS) is 13.1. The summed E-state index contributed by atoms with van der Waals surface area (Å²) in [6, 6.07) is 12.0. The topological polar surface area (TPSA) is 106 Å². The average Bonchev–Trinajstić information content (AvgIpc) is 3.28. The van der Waals surface area contributed by atoms with E-state index in [1.54, 1.807) is 12.4 Å². The number of benzene rings is 2. The summed E-state index contributed by atoms with van der Waals surface area (Å²) in [4.78, 5) is 20.8. The van der Waals surface area contributed by atoms with Crippen molar-refractivity contribution in [1.29, 1.82) is 0 Å². The molecule has 11 heteroatoms. The van der Waals surface area contributed by atoms with Crippen LogP contribution < -0.4 is 16.0 Å². The number of halogens is 2. The smallest absolute Gasteiger partial charge is 0.247 e. The van der Waals surface area contributed by atoms with Crippen molar-refractivity contribution in [1.82, 2.24) is 19.7 Å². The number of hydrogen-bond donors (Lipinski definition) is 3. The predicted molar refractivity (Wildman–Crippen MR) is 139 cm³/mol. The van der Waals surface area contributed by atoms with Gasteiger partial charge in [0.15, 0.2) is 0 Å². The van der Waals surface area contributed by atoms with Crippen molar-refractivity contribution < 1.29 is 13.9 Å². The fourth-order valence-corrected chi connectivity index (χ4v) is 3.77. The first-order valence-electron chi connectivity index (χ1n) is 11.0. The van der Waals surface area contributed by atoms with Crippen molar-refractivity contribution in [2.75, 3.05) is 29.2 Å². The molecule has 5 rings (SSSR count). The number of carbonyl (C=O) groups excluding carboxylic acids is 1. The van der Waals surface area contributed by atoms with Gasteiger partial charge < -0.3 is 20.7 Å². The molecule has 1 aliphatic heterocycles. The number of rotatable bonds is 8. The van der Waals surface area contributed by atoms with Crippen molar-refractivity contribution in [3.05, 3.63) is 84.0 Å². The Kier molecular flexibility index (Phi) is 6.74. The molecule has 1 fully saturated rings. The van der Waals surface area contributed by atoms with E-state index in [1.165, 1.54) is 18.2 Å². The van der Waals surface area contributed by atoms with Gasteiger partial charge in [-0.2, -0.15) is 10.1 Å². The summed E-state index contributed by atoms with van der Waals surface area (Å²) < 4.78 is 22.7. The van der Waals surface area contributed by atoms with Crippen LogP contribution in [0.25, 0.3) is 11.1 Å². The summed E-state index contributed by atoms with van der Waals surface area (Å²) in [6.07, 6.45) is 6.34. The molecule has 1 saturated heterocycles. The summed E-state index contributed by atoms with van der Waals surface area (Å²) in [6.45, 7) is 4.70. The molecule has 182 valence electrons. The van der Waals surface area contributed by atoms with Gasteiger partial charge in [0.05, 0.1) is 36.8 Å². The number of ether oxygens (including phenoxy) is 1. The van der Waals surface area contributed by atoms with Gasteiger partial charge in [-0.1, -0.05) is 34.6 Å². The van der Waals surface area contributed by atoms with Crippen molar-refractivity contribution in [3.63, 3.8) is 0 Å². The van der Waals surface area contributed by atoms with Gasteiger partial charge >= 0.3 is 0 Å². The number of anilines is 5. The number of hydrogen-bond acceptors (Lipinski definition) is 7. The lowest BCUT2D eigenvalue weighted by Crippen LogP contribution is -2.30. The molecule has 9 nitrogen and oxygen atoms in total. The lowest BCUT2D eigenvalue weighted by Gasteiger charge is -2.25. The molecule has 1 amide bonds. The molecule has 0 radical (unpaired) electrons. The van der Waals surface area contributed by atoms with Gasteiger partial charge in [0.2, 0.25) is 11.9 Å². The molecule has 2 aromatic carbocycles. The molecule has 36 heavy (non-hydrogen) atoms. The van der Waals surface area contributed by atoms with Crippen LogP contribution in [0, 0.1) is 5.82 Å². The van der Waals surface area contributed by atoms with E-state index >= 15 is 0 Å². The highest BCUT2D eigenvalue weighted by Crippen LogP contribution is 2.32. The summed E-state index contributed by atoms with van der Waals surface area (Å²) in [7, 11) is 0. The van der Waals surface area contributed by atoms with Crippen LogP contribution in [0.1, 0.15) is 6.04 Å². The molecule has 0 aliphatic carbocycles. The number of carbonyl (C=O) groups is 1. The Bertz CT molecular complexity index is 1420. The van der Waals surface area contributed by atoms with Crippen LogP contribution in [0.3, 0.4) is 0 Å². The van der Waals surface area contributed by atoms with E-state index in [0.717, 1.165) is 16.1 Å². The third kappa shape index (κ3) is 5.26. The van der Waals surface area contributed by atoms with E-state index in [0.29, 0.717) is 41.9 Å². The number of amides is 1. The molecule has 0 atom stereocenters. The van der Waals surface area contributed by atoms with Gasteiger partial charge in [0.1, 0.15) is 11.6 Å². The zero-order valence-corrected chi connectivity index (χ0v) is 20.5. The van der Waals surface area contributed by atoms with Crippen LogP contribution in [0.5, 0.6) is 0 Å². The molecule has 4 aromatic rings. The maximum atomic E-state index is 14.7. The van der Waals surface area contributed by atoms with Crippen molar-refractivity contribution in [2.24, 2.45) is 0 Å². The third-order valence-corrected chi connectivity index (χ3v) is 6.00. The molecular weight excluding hydrogens is 529 g/mol. The highest BCUT2D eigenvalue weighted by molar-refractivity contribution is 9.10.